The molecule has 26 heavy (non-hydrogen) atoms. The molecule has 0 bridgehead atoms. The number of carbonyl (C=O) groups is 2. The Morgan fingerprint density at radius 3 is 2.54 bits per heavy atom. The van der Waals surface area contributed by atoms with E-state index in [1.54, 1.807) is 11.3 Å². The van der Waals surface area contributed by atoms with E-state index < -0.39 is 0 Å². The van der Waals surface area contributed by atoms with Gasteiger partial charge in [0.15, 0.2) is 0 Å². The molecule has 6 nitrogen and oxygen atoms in total. The summed E-state index contributed by atoms with van der Waals surface area (Å²) in [5.41, 5.74) is 1.21. The molecular formula is C19H27N3O3S. The van der Waals surface area contributed by atoms with Gasteiger partial charge in [0.05, 0.1) is 18.1 Å². The third-order valence-corrected chi connectivity index (χ3v) is 6.98. The van der Waals surface area contributed by atoms with Crippen molar-refractivity contribution >= 4 is 23.2 Å². The molecule has 4 rings (SSSR count). The van der Waals surface area contributed by atoms with Crippen LogP contribution in [-0.2, 0) is 22.4 Å². The monoisotopic (exact) mass is 377 g/mol. The van der Waals surface area contributed by atoms with E-state index in [0.29, 0.717) is 32.2 Å². The first-order valence-electron chi connectivity index (χ1n) is 9.58. The second-order valence-electron chi connectivity index (χ2n) is 7.53. The second-order valence-corrected chi connectivity index (χ2v) is 8.67. The van der Waals surface area contributed by atoms with Crippen LogP contribution in [0.2, 0.25) is 0 Å². The third-order valence-electron chi connectivity index (χ3n) is 5.76. The molecule has 2 amide bonds. The van der Waals surface area contributed by atoms with Crippen LogP contribution in [0.3, 0.4) is 0 Å². The highest BCUT2D eigenvalue weighted by molar-refractivity contribution is 7.14. The molecule has 7 heteroatoms. The molecule has 0 aromatic carbocycles. The number of fused-ring (bicyclic) bond motifs is 1. The maximum absolute atomic E-state index is 12.9. The van der Waals surface area contributed by atoms with Gasteiger partial charge in [-0.3, -0.25) is 9.59 Å². The number of hydrogen-bond acceptors (Lipinski definition) is 5. The van der Waals surface area contributed by atoms with Crippen molar-refractivity contribution < 1.29 is 14.3 Å². The first-order chi connectivity index (χ1) is 12.6. The number of amides is 2. The molecule has 0 N–H and O–H groups in total. The molecule has 2 saturated heterocycles. The summed E-state index contributed by atoms with van der Waals surface area (Å²) in [6, 6.07) is 2.04. The lowest BCUT2D eigenvalue weighted by Crippen LogP contribution is -2.49. The van der Waals surface area contributed by atoms with E-state index in [0.717, 1.165) is 50.3 Å². The van der Waals surface area contributed by atoms with Gasteiger partial charge in [-0.2, -0.15) is 0 Å². The number of likely N-dealkylation sites (N-methyl/N-ethyl adjacent to an activating group) is 1. The van der Waals surface area contributed by atoms with Crippen LogP contribution in [0.25, 0.3) is 0 Å². The van der Waals surface area contributed by atoms with Gasteiger partial charge in [-0.1, -0.05) is 0 Å². The van der Waals surface area contributed by atoms with Gasteiger partial charge >= 0.3 is 0 Å². The minimum atomic E-state index is 0.0758. The van der Waals surface area contributed by atoms with Crippen molar-refractivity contribution in [3.8, 4) is 0 Å². The summed E-state index contributed by atoms with van der Waals surface area (Å²) < 4.78 is 5.34. The standard InChI is InChI=1S/C19H27N3O3S/c1-20-4-6-21(7-5-20)18(23)14-2-3-16-15(12-14)13-17(26-16)19(24)22-8-10-25-11-9-22/h13-14H,2-12H2,1H3. The van der Waals surface area contributed by atoms with Crippen LogP contribution in [0.4, 0.5) is 0 Å². The van der Waals surface area contributed by atoms with E-state index in [9.17, 15) is 9.59 Å². The van der Waals surface area contributed by atoms with Gasteiger partial charge in [0.25, 0.3) is 5.91 Å². The summed E-state index contributed by atoms with van der Waals surface area (Å²) >= 11 is 1.62. The fourth-order valence-electron chi connectivity index (χ4n) is 4.05. The highest BCUT2D eigenvalue weighted by Gasteiger charge is 2.32. The molecule has 142 valence electrons. The average Bonchev–Trinajstić information content (AvgIpc) is 3.11. The van der Waals surface area contributed by atoms with Crippen molar-refractivity contribution in [2.45, 2.75) is 19.3 Å². The molecule has 0 radical (unpaired) electrons. The van der Waals surface area contributed by atoms with Crippen molar-refractivity contribution in [3.05, 3.63) is 21.4 Å². The summed E-state index contributed by atoms with van der Waals surface area (Å²) in [5, 5.41) is 0. The zero-order chi connectivity index (χ0) is 18.1. The summed E-state index contributed by atoms with van der Waals surface area (Å²) in [6.45, 7) is 6.18. The molecule has 1 aromatic rings. The first kappa shape index (κ1) is 17.9. The normalized spacial score (nSPS) is 24.4. The largest absolute Gasteiger partial charge is 0.378 e. The number of nitrogens with zero attached hydrogens (tertiary/aromatic N) is 3. The lowest BCUT2D eigenvalue weighted by molar-refractivity contribution is -0.137. The molecular weight excluding hydrogens is 350 g/mol. The van der Waals surface area contributed by atoms with Gasteiger partial charge in [-0.05, 0) is 37.9 Å². The van der Waals surface area contributed by atoms with E-state index in [1.165, 1.54) is 10.4 Å². The lowest BCUT2D eigenvalue weighted by Gasteiger charge is -2.35. The maximum Gasteiger partial charge on any atom is 0.264 e. The highest BCUT2D eigenvalue weighted by atomic mass is 32.1. The van der Waals surface area contributed by atoms with E-state index >= 15 is 0 Å². The molecule has 1 aliphatic carbocycles. The molecule has 0 saturated carbocycles. The number of rotatable bonds is 2. The zero-order valence-corrected chi connectivity index (χ0v) is 16.2. The maximum atomic E-state index is 12.9. The van der Waals surface area contributed by atoms with Crippen molar-refractivity contribution in [2.75, 3.05) is 59.5 Å². The summed E-state index contributed by atoms with van der Waals surface area (Å²) in [5.74, 6) is 0.498. The molecule has 2 aliphatic heterocycles. The van der Waals surface area contributed by atoms with Crippen LogP contribution in [0.5, 0.6) is 0 Å². The van der Waals surface area contributed by atoms with Crippen LogP contribution >= 0.6 is 11.3 Å². The van der Waals surface area contributed by atoms with Crippen molar-refractivity contribution in [3.63, 3.8) is 0 Å². The fraction of sp³-hybridized carbons (Fsp3) is 0.684. The van der Waals surface area contributed by atoms with Crippen molar-refractivity contribution in [1.82, 2.24) is 14.7 Å². The number of carbonyl (C=O) groups excluding carboxylic acids is 2. The number of morpholine rings is 1. The van der Waals surface area contributed by atoms with Crippen LogP contribution < -0.4 is 0 Å². The predicted molar refractivity (Wildman–Crippen MR) is 101 cm³/mol. The van der Waals surface area contributed by atoms with Gasteiger partial charge in [-0.25, -0.2) is 0 Å². The number of aryl methyl sites for hydroxylation is 1. The van der Waals surface area contributed by atoms with Crippen LogP contribution in [0, 0.1) is 5.92 Å². The Bertz CT molecular complexity index is 676. The number of piperazine rings is 1. The molecule has 3 aliphatic rings. The van der Waals surface area contributed by atoms with Gasteiger partial charge in [-0.15, -0.1) is 11.3 Å². The predicted octanol–water partition coefficient (Wildman–Crippen LogP) is 1.10. The molecule has 0 spiro atoms. The van der Waals surface area contributed by atoms with Gasteiger partial charge in [0.1, 0.15) is 0 Å². The number of thiophene rings is 1. The third kappa shape index (κ3) is 3.66. The Balaban J connectivity index is 1.41. The molecule has 3 heterocycles. The van der Waals surface area contributed by atoms with Gasteiger partial charge in [0.2, 0.25) is 5.91 Å². The Labute approximate surface area is 158 Å². The van der Waals surface area contributed by atoms with E-state index in [1.807, 2.05) is 15.9 Å². The number of hydrogen-bond donors (Lipinski definition) is 0. The van der Waals surface area contributed by atoms with E-state index in [2.05, 4.69) is 11.9 Å². The SMILES string of the molecule is CN1CCN(C(=O)C2CCc3sc(C(=O)N4CCOCC4)cc3C2)CC1. The Morgan fingerprint density at radius 1 is 1.08 bits per heavy atom. The first-order valence-corrected chi connectivity index (χ1v) is 10.4. The van der Waals surface area contributed by atoms with Crippen LogP contribution in [-0.4, -0.2) is 86.0 Å². The quantitative estimate of drug-likeness (QED) is 0.775. The van der Waals surface area contributed by atoms with E-state index in [-0.39, 0.29) is 11.8 Å². The molecule has 1 aromatic heterocycles. The fourth-order valence-corrected chi connectivity index (χ4v) is 5.22. The second kappa shape index (κ2) is 7.66. The summed E-state index contributed by atoms with van der Waals surface area (Å²) in [4.78, 5) is 33.9. The van der Waals surface area contributed by atoms with E-state index in [4.69, 9.17) is 4.74 Å². The minimum Gasteiger partial charge on any atom is -0.378 e. The smallest absolute Gasteiger partial charge is 0.264 e. The average molecular weight is 378 g/mol. The Hall–Kier alpha value is -1.44. The molecule has 2 fully saturated rings. The van der Waals surface area contributed by atoms with Crippen molar-refractivity contribution in [1.29, 1.82) is 0 Å². The summed E-state index contributed by atoms with van der Waals surface area (Å²) in [7, 11) is 2.10. The lowest BCUT2D eigenvalue weighted by atomic mass is 9.87. The Kier molecular flexibility index (Phi) is 5.29. The van der Waals surface area contributed by atoms with Crippen LogP contribution in [0.15, 0.2) is 6.07 Å². The zero-order valence-electron chi connectivity index (χ0n) is 15.4. The van der Waals surface area contributed by atoms with Crippen molar-refractivity contribution in [2.24, 2.45) is 5.92 Å². The Morgan fingerprint density at radius 2 is 1.81 bits per heavy atom. The minimum absolute atomic E-state index is 0.0758. The topological polar surface area (TPSA) is 53.1 Å². The molecule has 1 unspecified atom stereocenters. The van der Waals surface area contributed by atoms with Gasteiger partial charge < -0.3 is 19.4 Å². The number of ether oxygens (including phenoxy) is 1. The van der Waals surface area contributed by atoms with Crippen LogP contribution in [0.1, 0.15) is 26.5 Å². The summed E-state index contributed by atoms with van der Waals surface area (Å²) in [6.07, 6.45) is 2.61. The highest BCUT2D eigenvalue weighted by Crippen LogP contribution is 2.34. The van der Waals surface area contributed by atoms with Gasteiger partial charge in [0, 0.05) is 50.1 Å². The molecule has 1 atom stereocenters.